The summed E-state index contributed by atoms with van der Waals surface area (Å²) in [6.07, 6.45) is 3.07. The molecule has 1 aromatic heterocycles. The second-order valence-electron chi connectivity index (χ2n) is 7.92. The Kier molecular flexibility index (Phi) is 7.30. The Bertz CT molecular complexity index is 857. The number of nitrogens with zero attached hydrogens (tertiary/aromatic N) is 3. The maximum Gasteiger partial charge on any atom is 0.258 e. The van der Waals surface area contributed by atoms with Crippen LogP contribution >= 0.6 is 11.3 Å². The number of thiophene rings is 1. The molecule has 1 aliphatic heterocycles. The summed E-state index contributed by atoms with van der Waals surface area (Å²) in [6.45, 7) is 4.87. The minimum atomic E-state index is -0.0432. The Balaban J connectivity index is 1.16. The first-order valence-corrected chi connectivity index (χ1v) is 11.8. The maximum atomic E-state index is 11.7. The van der Waals surface area contributed by atoms with E-state index in [1.165, 1.54) is 10.6 Å². The first-order chi connectivity index (χ1) is 15.2. The number of carbonyl (C=O) groups excluding carboxylic acids is 1. The molecule has 1 saturated heterocycles. The van der Waals surface area contributed by atoms with Crippen molar-refractivity contribution in [3.63, 3.8) is 0 Å². The number of guanidine groups is 1. The van der Waals surface area contributed by atoms with Crippen molar-refractivity contribution in [1.29, 1.82) is 0 Å². The number of anilines is 1. The number of benzene rings is 1. The number of hydrogen-bond acceptors (Lipinski definition) is 5. The molecule has 0 unspecified atom stereocenters. The predicted octanol–water partition coefficient (Wildman–Crippen LogP) is 2.35. The average Bonchev–Trinajstić information content (AvgIpc) is 3.44. The summed E-state index contributed by atoms with van der Waals surface area (Å²) in [5.74, 6) is 1.65. The van der Waals surface area contributed by atoms with Crippen LogP contribution in [0.4, 0.5) is 5.00 Å². The molecule has 1 aliphatic carbocycles. The third-order valence-electron chi connectivity index (χ3n) is 5.54. The molecule has 2 aliphatic rings. The number of carbonyl (C=O) groups is 1. The van der Waals surface area contributed by atoms with Crippen molar-refractivity contribution in [2.75, 3.05) is 51.3 Å². The summed E-state index contributed by atoms with van der Waals surface area (Å²) in [6, 6.07) is 12.6. The highest BCUT2D eigenvalue weighted by Gasteiger charge is 2.23. The van der Waals surface area contributed by atoms with Crippen LogP contribution in [0.5, 0.6) is 5.75 Å². The van der Waals surface area contributed by atoms with Gasteiger partial charge in [-0.25, -0.2) is 0 Å². The molecule has 2 fully saturated rings. The Labute approximate surface area is 188 Å². The number of ether oxygens (including phenoxy) is 1. The fraction of sp³-hybridized carbons (Fsp3) is 0.478. The number of aliphatic imine (C=N–C) groups is 1. The van der Waals surface area contributed by atoms with Crippen LogP contribution in [0.3, 0.4) is 0 Å². The van der Waals surface area contributed by atoms with E-state index >= 15 is 0 Å². The Morgan fingerprint density at radius 2 is 1.94 bits per heavy atom. The SMILES string of the molecule is CN=C(NCCc1ccc(OCC(=O)NC2CC2)cc1)N1CCN(c2cccs2)CC1. The van der Waals surface area contributed by atoms with Crippen LogP contribution in [0.1, 0.15) is 18.4 Å². The van der Waals surface area contributed by atoms with Crippen LogP contribution in [0, 0.1) is 0 Å². The molecular formula is C23H31N5O2S. The van der Waals surface area contributed by atoms with Gasteiger partial charge in [-0.2, -0.15) is 0 Å². The zero-order valence-electron chi connectivity index (χ0n) is 18.0. The van der Waals surface area contributed by atoms with Crippen molar-refractivity contribution >= 4 is 28.2 Å². The van der Waals surface area contributed by atoms with Crippen molar-refractivity contribution < 1.29 is 9.53 Å². The second-order valence-corrected chi connectivity index (χ2v) is 8.85. The van der Waals surface area contributed by atoms with Crippen molar-refractivity contribution in [3.05, 3.63) is 47.3 Å². The molecule has 0 bridgehead atoms. The molecule has 2 heterocycles. The molecule has 0 spiro atoms. The van der Waals surface area contributed by atoms with Crippen LogP contribution in [0.25, 0.3) is 0 Å². The lowest BCUT2D eigenvalue weighted by Crippen LogP contribution is -2.52. The number of rotatable bonds is 8. The Morgan fingerprint density at radius 3 is 2.58 bits per heavy atom. The van der Waals surface area contributed by atoms with Gasteiger partial charge in [-0.05, 0) is 54.5 Å². The van der Waals surface area contributed by atoms with E-state index in [4.69, 9.17) is 4.74 Å². The summed E-state index contributed by atoms with van der Waals surface area (Å²) in [5.41, 5.74) is 1.22. The van der Waals surface area contributed by atoms with Crippen LogP contribution < -0.4 is 20.3 Å². The van der Waals surface area contributed by atoms with Gasteiger partial charge >= 0.3 is 0 Å². The summed E-state index contributed by atoms with van der Waals surface area (Å²) in [4.78, 5) is 20.9. The third kappa shape index (κ3) is 6.37. The Hall–Kier alpha value is -2.74. The monoisotopic (exact) mass is 441 g/mol. The molecule has 8 heteroatoms. The van der Waals surface area contributed by atoms with Gasteiger partial charge in [0, 0.05) is 45.8 Å². The number of amides is 1. The fourth-order valence-corrected chi connectivity index (χ4v) is 4.42. The zero-order valence-corrected chi connectivity index (χ0v) is 18.9. The quantitative estimate of drug-likeness (QED) is 0.486. The van der Waals surface area contributed by atoms with Gasteiger partial charge in [-0.15, -0.1) is 11.3 Å². The Morgan fingerprint density at radius 1 is 1.16 bits per heavy atom. The fourth-order valence-electron chi connectivity index (χ4n) is 3.64. The summed E-state index contributed by atoms with van der Waals surface area (Å²) >= 11 is 1.80. The van der Waals surface area contributed by atoms with E-state index in [0.717, 1.165) is 63.7 Å². The number of nitrogens with one attached hydrogen (secondary N) is 2. The van der Waals surface area contributed by atoms with Crippen LogP contribution in [0.15, 0.2) is 46.8 Å². The number of piperazine rings is 1. The molecule has 0 radical (unpaired) electrons. The molecule has 2 aromatic rings. The van der Waals surface area contributed by atoms with Crippen LogP contribution in [-0.2, 0) is 11.2 Å². The summed E-state index contributed by atoms with van der Waals surface area (Å²) in [5, 5.41) is 9.90. The first kappa shape index (κ1) is 21.5. The summed E-state index contributed by atoms with van der Waals surface area (Å²) in [7, 11) is 1.85. The van der Waals surface area contributed by atoms with E-state index in [2.05, 4.69) is 55.1 Å². The van der Waals surface area contributed by atoms with Crippen LogP contribution in [0.2, 0.25) is 0 Å². The average molecular weight is 442 g/mol. The lowest BCUT2D eigenvalue weighted by atomic mass is 10.1. The van der Waals surface area contributed by atoms with Crippen molar-refractivity contribution in [1.82, 2.24) is 15.5 Å². The van der Waals surface area contributed by atoms with Gasteiger partial charge < -0.3 is 25.2 Å². The topological polar surface area (TPSA) is 69.2 Å². The lowest BCUT2D eigenvalue weighted by molar-refractivity contribution is -0.123. The highest BCUT2D eigenvalue weighted by atomic mass is 32.1. The third-order valence-corrected chi connectivity index (χ3v) is 6.47. The molecular weight excluding hydrogens is 410 g/mol. The molecule has 4 rings (SSSR count). The zero-order chi connectivity index (χ0) is 21.5. The highest BCUT2D eigenvalue weighted by Crippen LogP contribution is 2.22. The highest BCUT2D eigenvalue weighted by molar-refractivity contribution is 7.14. The standard InChI is InChI=1S/C23H31N5O2S/c1-24-23(28-14-12-27(13-15-28)22-3-2-16-31-22)25-11-10-18-4-8-20(9-5-18)30-17-21(29)26-19-6-7-19/h2-5,8-9,16,19H,6-7,10-15,17H2,1H3,(H,24,25)(H,26,29). The van der Waals surface area contributed by atoms with Crippen molar-refractivity contribution in [2.24, 2.45) is 4.99 Å². The van der Waals surface area contributed by atoms with Gasteiger partial charge in [-0.3, -0.25) is 9.79 Å². The van der Waals surface area contributed by atoms with Gasteiger partial charge in [0.15, 0.2) is 12.6 Å². The molecule has 1 aromatic carbocycles. The van der Waals surface area contributed by atoms with Gasteiger partial charge in [-0.1, -0.05) is 12.1 Å². The predicted molar refractivity (Wildman–Crippen MR) is 126 cm³/mol. The number of hydrogen-bond donors (Lipinski definition) is 2. The molecule has 2 N–H and O–H groups in total. The molecule has 7 nitrogen and oxygen atoms in total. The van der Waals surface area contributed by atoms with Crippen molar-refractivity contribution in [3.8, 4) is 5.75 Å². The minimum Gasteiger partial charge on any atom is -0.484 e. The molecule has 31 heavy (non-hydrogen) atoms. The van der Waals surface area contributed by atoms with Crippen molar-refractivity contribution in [2.45, 2.75) is 25.3 Å². The molecule has 0 atom stereocenters. The van der Waals surface area contributed by atoms with E-state index in [0.29, 0.717) is 6.04 Å². The van der Waals surface area contributed by atoms with Crippen LogP contribution in [-0.4, -0.2) is 69.2 Å². The van der Waals surface area contributed by atoms with Gasteiger partial charge in [0.1, 0.15) is 5.75 Å². The summed E-state index contributed by atoms with van der Waals surface area (Å²) < 4.78 is 5.57. The van der Waals surface area contributed by atoms with E-state index in [1.54, 1.807) is 11.3 Å². The maximum absolute atomic E-state index is 11.7. The van der Waals surface area contributed by atoms with E-state index in [1.807, 2.05) is 19.2 Å². The smallest absolute Gasteiger partial charge is 0.258 e. The molecule has 166 valence electrons. The molecule has 1 saturated carbocycles. The van der Waals surface area contributed by atoms with Gasteiger partial charge in [0.2, 0.25) is 0 Å². The molecule has 1 amide bonds. The normalized spacial score (nSPS) is 16.9. The first-order valence-electron chi connectivity index (χ1n) is 11.0. The van der Waals surface area contributed by atoms with Gasteiger partial charge in [0.25, 0.3) is 5.91 Å². The lowest BCUT2D eigenvalue weighted by Gasteiger charge is -2.37. The van der Waals surface area contributed by atoms with E-state index < -0.39 is 0 Å². The van der Waals surface area contributed by atoms with Gasteiger partial charge in [0.05, 0.1) is 5.00 Å². The van der Waals surface area contributed by atoms with E-state index in [9.17, 15) is 4.79 Å². The largest absolute Gasteiger partial charge is 0.484 e. The minimum absolute atomic E-state index is 0.0432. The van der Waals surface area contributed by atoms with E-state index in [-0.39, 0.29) is 12.5 Å². The second kappa shape index (κ2) is 10.5.